The fraction of sp³-hybridized carbons (Fsp3) is 0. The maximum Gasteiger partial charge on any atom is 0.291 e. The van der Waals surface area contributed by atoms with Crippen molar-refractivity contribution in [3.8, 4) is 0 Å². The molecule has 2 aromatic rings. The van der Waals surface area contributed by atoms with E-state index in [0.717, 1.165) is 9.26 Å². The molecule has 1 amide bonds. The van der Waals surface area contributed by atoms with Crippen LogP contribution in [0.5, 0.6) is 0 Å². The molecule has 0 spiro atoms. The van der Waals surface area contributed by atoms with E-state index < -0.39 is 0 Å². The number of rotatable bonds is 2. The Hall–Kier alpha value is -0.820. The molecule has 0 bridgehead atoms. The Labute approximate surface area is 114 Å². The van der Waals surface area contributed by atoms with Gasteiger partial charge in [-0.25, -0.2) is 0 Å². The molecule has 0 atom stereocenters. The standard InChI is InChI=1S/C11H7BrINO2/c12-10-6-5-9(16-10)11(15)14-8-4-2-1-3-7(8)13/h1-6H,(H,14,15). The van der Waals surface area contributed by atoms with Crippen LogP contribution in [0.25, 0.3) is 0 Å². The SMILES string of the molecule is O=C(Nc1ccccc1I)c1ccc(Br)o1. The molecule has 1 aromatic heterocycles. The van der Waals surface area contributed by atoms with E-state index in [0.29, 0.717) is 4.67 Å². The van der Waals surface area contributed by atoms with Gasteiger partial charge in [0.15, 0.2) is 10.4 Å². The second kappa shape index (κ2) is 5.01. The molecule has 82 valence electrons. The van der Waals surface area contributed by atoms with Crippen molar-refractivity contribution in [3.63, 3.8) is 0 Å². The number of hydrogen-bond donors (Lipinski definition) is 1. The van der Waals surface area contributed by atoms with Crippen molar-refractivity contribution in [2.45, 2.75) is 0 Å². The molecule has 2 rings (SSSR count). The fourth-order valence-electron chi connectivity index (χ4n) is 1.18. The van der Waals surface area contributed by atoms with Crippen LogP contribution in [0.2, 0.25) is 0 Å². The van der Waals surface area contributed by atoms with Gasteiger partial charge in [-0.3, -0.25) is 4.79 Å². The minimum Gasteiger partial charge on any atom is -0.444 e. The van der Waals surface area contributed by atoms with Crippen LogP contribution in [0.4, 0.5) is 5.69 Å². The van der Waals surface area contributed by atoms with Gasteiger partial charge in [0, 0.05) is 3.57 Å². The van der Waals surface area contributed by atoms with Crippen molar-refractivity contribution in [2.24, 2.45) is 0 Å². The largest absolute Gasteiger partial charge is 0.444 e. The van der Waals surface area contributed by atoms with Gasteiger partial charge >= 0.3 is 0 Å². The summed E-state index contributed by atoms with van der Waals surface area (Å²) in [7, 11) is 0. The number of anilines is 1. The summed E-state index contributed by atoms with van der Waals surface area (Å²) >= 11 is 5.32. The average molecular weight is 392 g/mol. The van der Waals surface area contributed by atoms with Crippen molar-refractivity contribution in [2.75, 3.05) is 5.32 Å². The predicted molar refractivity (Wildman–Crippen MR) is 73.5 cm³/mol. The van der Waals surface area contributed by atoms with Crippen LogP contribution in [0, 0.1) is 3.57 Å². The summed E-state index contributed by atoms with van der Waals surface area (Å²) in [6.45, 7) is 0. The lowest BCUT2D eigenvalue weighted by atomic mass is 10.3. The van der Waals surface area contributed by atoms with E-state index in [1.54, 1.807) is 12.1 Å². The van der Waals surface area contributed by atoms with Gasteiger partial charge in [-0.15, -0.1) is 0 Å². The molecule has 0 aliphatic carbocycles. The zero-order valence-corrected chi connectivity index (χ0v) is 11.8. The Kier molecular flexibility index (Phi) is 3.65. The van der Waals surface area contributed by atoms with Gasteiger partial charge in [0.2, 0.25) is 0 Å². The summed E-state index contributed by atoms with van der Waals surface area (Å²) in [5, 5.41) is 2.78. The molecule has 0 saturated carbocycles. The highest BCUT2D eigenvalue weighted by Crippen LogP contribution is 2.19. The zero-order chi connectivity index (χ0) is 11.5. The highest BCUT2D eigenvalue weighted by Gasteiger charge is 2.11. The van der Waals surface area contributed by atoms with Crippen molar-refractivity contribution >= 4 is 50.1 Å². The van der Waals surface area contributed by atoms with Crippen LogP contribution in [0.15, 0.2) is 45.5 Å². The third kappa shape index (κ3) is 2.65. The number of carbonyl (C=O) groups excluding carboxylic acids is 1. The second-order valence-electron chi connectivity index (χ2n) is 3.04. The number of furan rings is 1. The third-order valence-electron chi connectivity index (χ3n) is 1.92. The summed E-state index contributed by atoms with van der Waals surface area (Å²) in [5.74, 6) is 0.0290. The summed E-state index contributed by atoms with van der Waals surface area (Å²) < 4.78 is 6.69. The highest BCUT2D eigenvalue weighted by molar-refractivity contribution is 14.1. The van der Waals surface area contributed by atoms with Crippen molar-refractivity contribution in [3.05, 3.63) is 50.4 Å². The van der Waals surface area contributed by atoms with Gasteiger partial charge < -0.3 is 9.73 Å². The fourth-order valence-corrected chi connectivity index (χ4v) is 2.01. The molecule has 3 nitrogen and oxygen atoms in total. The third-order valence-corrected chi connectivity index (χ3v) is 3.29. The molecule has 16 heavy (non-hydrogen) atoms. The van der Waals surface area contributed by atoms with E-state index >= 15 is 0 Å². The smallest absolute Gasteiger partial charge is 0.291 e. The Morgan fingerprint density at radius 2 is 2.00 bits per heavy atom. The van der Waals surface area contributed by atoms with Crippen LogP contribution in [0.3, 0.4) is 0 Å². The molecular formula is C11H7BrINO2. The molecular weight excluding hydrogens is 385 g/mol. The predicted octanol–water partition coefficient (Wildman–Crippen LogP) is 3.90. The summed E-state index contributed by atoms with van der Waals surface area (Å²) in [6.07, 6.45) is 0. The van der Waals surface area contributed by atoms with Gasteiger partial charge in [-0.2, -0.15) is 0 Å². The maximum atomic E-state index is 11.8. The number of halogens is 2. The Bertz CT molecular complexity index is 524. The Balaban J connectivity index is 2.17. The van der Waals surface area contributed by atoms with Crippen LogP contribution in [-0.2, 0) is 0 Å². The summed E-state index contributed by atoms with van der Waals surface area (Å²) in [4.78, 5) is 11.8. The van der Waals surface area contributed by atoms with E-state index in [2.05, 4.69) is 43.8 Å². The summed E-state index contributed by atoms with van der Waals surface area (Å²) in [6, 6.07) is 10.9. The number of benzene rings is 1. The topological polar surface area (TPSA) is 42.2 Å². The van der Waals surface area contributed by atoms with E-state index in [1.807, 2.05) is 24.3 Å². The van der Waals surface area contributed by atoms with Crippen molar-refractivity contribution < 1.29 is 9.21 Å². The van der Waals surface area contributed by atoms with Crippen LogP contribution in [0.1, 0.15) is 10.6 Å². The molecule has 0 aliphatic rings. The monoisotopic (exact) mass is 391 g/mol. The molecule has 0 fully saturated rings. The van der Waals surface area contributed by atoms with Gasteiger partial charge in [-0.05, 0) is 62.8 Å². The van der Waals surface area contributed by atoms with Crippen molar-refractivity contribution in [1.29, 1.82) is 0 Å². The first-order valence-electron chi connectivity index (χ1n) is 4.48. The van der Waals surface area contributed by atoms with Crippen LogP contribution in [-0.4, -0.2) is 5.91 Å². The average Bonchev–Trinajstić information content (AvgIpc) is 2.68. The zero-order valence-electron chi connectivity index (χ0n) is 8.04. The quantitative estimate of drug-likeness (QED) is 0.789. The summed E-state index contributed by atoms with van der Waals surface area (Å²) in [5.41, 5.74) is 0.778. The number of carbonyl (C=O) groups is 1. The normalized spacial score (nSPS) is 10.1. The van der Waals surface area contributed by atoms with Gasteiger partial charge in [0.05, 0.1) is 5.69 Å². The molecule has 1 aromatic carbocycles. The van der Waals surface area contributed by atoms with Crippen molar-refractivity contribution in [1.82, 2.24) is 0 Å². The lowest BCUT2D eigenvalue weighted by molar-refractivity contribution is 0.0995. The lowest BCUT2D eigenvalue weighted by Gasteiger charge is -2.04. The minimum absolute atomic E-state index is 0.255. The number of hydrogen-bond acceptors (Lipinski definition) is 2. The highest BCUT2D eigenvalue weighted by atomic mass is 127. The van der Waals surface area contributed by atoms with E-state index in [-0.39, 0.29) is 11.7 Å². The maximum absolute atomic E-state index is 11.8. The Morgan fingerprint density at radius 1 is 1.25 bits per heavy atom. The Morgan fingerprint density at radius 3 is 2.62 bits per heavy atom. The molecule has 5 heteroatoms. The second-order valence-corrected chi connectivity index (χ2v) is 4.98. The molecule has 0 radical (unpaired) electrons. The first-order chi connectivity index (χ1) is 7.66. The first kappa shape index (κ1) is 11.7. The first-order valence-corrected chi connectivity index (χ1v) is 6.35. The minimum atomic E-state index is -0.255. The number of nitrogens with one attached hydrogen (secondary N) is 1. The molecule has 0 aliphatic heterocycles. The van der Waals surface area contributed by atoms with E-state index in [1.165, 1.54) is 0 Å². The molecule has 1 N–H and O–H groups in total. The number of amides is 1. The van der Waals surface area contributed by atoms with Crippen LogP contribution >= 0.6 is 38.5 Å². The molecule has 1 heterocycles. The van der Waals surface area contributed by atoms with Gasteiger partial charge in [0.25, 0.3) is 5.91 Å². The lowest BCUT2D eigenvalue weighted by Crippen LogP contribution is -2.11. The number of para-hydroxylation sites is 1. The van der Waals surface area contributed by atoms with Crippen LogP contribution < -0.4 is 5.32 Å². The van der Waals surface area contributed by atoms with Gasteiger partial charge in [-0.1, -0.05) is 12.1 Å². The molecule has 0 saturated heterocycles. The van der Waals surface area contributed by atoms with E-state index in [4.69, 9.17) is 4.42 Å². The van der Waals surface area contributed by atoms with Gasteiger partial charge in [0.1, 0.15) is 0 Å². The molecule has 0 unspecified atom stereocenters. The van der Waals surface area contributed by atoms with E-state index in [9.17, 15) is 4.79 Å².